The summed E-state index contributed by atoms with van der Waals surface area (Å²) < 4.78 is 5.75. The van der Waals surface area contributed by atoms with Gasteiger partial charge in [0, 0.05) is 12.1 Å². The van der Waals surface area contributed by atoms with E-state index in [1.807, 2.05) is 43.3 Å². The summed E-state index contributed by atoms with van der Waals surface area (Å²) in [6, 6.07) is 14.8. The van der Waals surface area contributed by atoms with Crippen molar-refractivity contribution >= 4 is 17.6 Å². The van der Waals surface area contributed by atoms with Gasteiger partial charge in [0.1, 0.15) is 11.5 Å². The number of carboxylic acid groups (broad SMARTS) is 1. The number of rotatable bonds is 6. The predicted molar refractivity (Wildman–Crippen MR) is 90.2 cm³/mol. The average Bonchev–Trinajstić information content (AvgIpc) is 3.32. The smallest absolute Gasteiger partial charge is 0.310 e. The fourth-order valence-electron chi connectivity index (χ4n) is 2.58. The van der Waals surface area contributed by atoms with Crippen LogP contribution in [-0.4, -0.2) is 17.0 Å². The van der Waals surface area contributed by atoms with Crippen molar-refractivity contribution in [2.45, 2.75) is 26.2 Å². The number of ether oxygens (including phenoxy) is 1. The predicted octanol–water partition coefficient (Wildman–Crippen LogP) is 3.98. The van der Waals surface area contributed by atoms with Gasteiger partial charge < -0.3 is 15.2 Å². The van der Waals surface area contributed by atoms with Crippen molar-refractivity contribution < 1.29 is 19.4 Å². The van der Waals surface area contributed by atoms with Crippen LogP contribution in [0, 0.1) is 12.3 Å². The van der Waals surface area contributed by atoms with E-state index in [0.29, 0.717) is 24.3 Å². The Morgan fingerprint density at radius 3 is 2.42 bits per heavy atom. The van der Waals surface area contributed by atoms with Gasteiger partial charge in [-0.15, -0.1) is 0 Å². The van der Waals surface area contributed by atoms with Gasteiger partial charge in [-0.25, -0.2) is 0 Å². The standard InChI is InChI=1S/C19H19NO4/c1-13-11-15(24-14-5-3-2-4-6-14)7-8-16(13)20-17(21)12-19(9-10-19)18(22)23/h2-8,11H,9-10,12H2,1H3,(H,20,21)(H,22,23). The lowest BCUT2D eigenvalue weighted by molar-refractivity contribution is -0.145. The Hall–Kier alpha value is -2.82. The Bertz CT molecular complexity index is 766. The zero-order valence-corrected chi connectivity index (χ0v) is 13.4. The highest BCUT2D eigenvalue weighted by atomic mass is 16.5. The van der Waals surface area contributed by atoms with Gasteiger partial charge in [-0.05, 0) is 55.7 Å². The van der Waals surface area contributed by atoms with E-state index in [1.54, 1.807) is 12.1 Å². The summed E-state index contributed by atoms with van der Waals surface area (Å²) in [6.07, 6.45) is 1.15. The summed E-state index contributed by atoms with van der Waals surface area (Å²) in [5.74, 6) is 0.266. The summed E-state index contributed by atoms with van der Waals surface area (Å²) >= 11 is 0. The van der Waals surface area contributed by atoms with Crippen LogP contribution in [0.4, 0.5) is 5.69 Å². The van der Waals surface area contributed by atoms with Crippen LogP contribution in [0.1, 0.15) is 24.8 Å². The molecule has 5 nitrogen and oxygen atoms in total. The van der Waals surface area contributed by atoms with Gasteiger partial charge in [0.15, 0.2) is 0 Å². The van der Waals surface area contributed by atoms with Crippen molar-refractivity contribution in [2.75, 3.05) is 5.32 Å². The maximum absolute atomic E-state index is 12.1. The molecule has 0 aromatic heterocycles. The first kappa shape index (κ1) is 16.1. The van der Waals surface area contributed by atoms with Gasteiger partial charge in [-0.3, -0.25) is 9.59 Å². The van der Waals surface area contributed by atoms with Gasteiger partial charge in [0.2, 0.25) is 5.91 Å². The molecule has 2 aromatic carbocycles. The minimum absolute atomic E-state index is 0.0179. The van der Waals surface area contributed by atoms with E-state index in [4.69, 9.17) is 9.84 Å². The van der Waals surface area contributed by atoms with Crippen molar-refractivity contribution in [1.29, 1.82) is 0 Å². The molecule has 3 rings (SSSR count). The Labute approximate surface area is 140 Å². The minimum Gasteiger partial charge on any atom is -0.481 e. The second-order valence-electron chi connectivity index (χ2n) is 6.20. The van der Waals surface area contributed by atoms with Crippen LogP contribution < -0.4 is 10.1 Å². The van der Waals surface area contributed by atoms with Crippen molar-refractivity contribution in [2.24, 2.45) is 5.41 Å². The van der Waals surface area contributed by atoms with Crippen molar-refractivity contribution in [3.8, 4) is 11.5 Å². The fourth-order valence-corrected chi connectivity index (χ4v) is 2.58. The van der Waals surface area contributed by atoms with E-state index in [1.165, 1.54) is 0 Å². The molecule has 1 aliphatic rings. The van der Waals surface area contributed by atoms with E-state index in [2.05, 4.69) is 5.32 Å². The summed E-state index contributed by atoms with van der Waals surface area (Å²) in [5.41, 5.74) is 0.674. The number of benzene rings is 2. The zero-order valence-electron chi connectivity index (χ0n) is 13.4. The second kappa shape index (κ2) is 6.35. The number of aryl methyl sites for hydroxylation is 1. The van der Waals surface area contributed by atoms with Gasteiger partial charge in [-0.2, -0.15) is 0 Å². The molecular weight excluding hydrogens is 306 g/mol. The molecule has 0 atom stereocenters. The largest absolute Gasteiger partial charge is 0.481 e. The lowest BCUT2D eigenvalue weighted by Gasteiger charge is -2.13. The summed E-state index contributed by atoms with van der Waals surface area (Å²) in [5, 5.41) is 11.9. The Balaban J connectivity index is 1.64. The van der Waals surface area contributed by atoms with E-state index in [9.17, 15) is 9.59 Å². The molecule has 5 heteroatoms. The SMILES string of the molecule is Cc1cc(Oc2ccccc2)ccc1NC(=O)CC1(C(=O)O)CC1. The molecule has 1 aliphatic carbocycles. The summed E-state index contributed by atoms with van der Waals surface area (Å²) in [7, 11) is 0. The lowest BCUT2D eigenvalue weighted by atomic mass is 10.0. The molecule has 1 saturated carbocycles. The number of hydrogen-bond donors (Lipinski definition) is 2. The average molecular weight is 325 g/mol. The van der Waals surface area contributed by atoms with Gasteiger partial charge >= 0.3 is 5.97 Å². The molecule has 0 heterocycles. The number of carbonyl (C=O) groups is 2. The normalized spacial score (nSPS) is 14.7. The van der Waals surface area contributed by atoms with E-state index < -0.39 is 11.4 Å². The maximum atomic E-state index is 12.1. The monoisotopic (exact) mass is 325 g/mol. The zero-order chi connectivity index (χ0) is 17.2. The Morgan fingerprint density at radius 1 is 1.12 bits per heavy atom. The third-order valence-electron chi connectivity index (χ3n) is 4.26. The number of carbonyl (C=O) groups excluding carboxylic acids is 1. The number of carboxylic acids is 1. The third kappa shape index (κ3) is 3.56. The minimum atomic E-state index is -0.888. The molecule has 2 N–H and O–H groups in total. The molecule has 124 valence electrons. The molecule has 0 radical (unpaired) electrons. The van der Waals surface area contributed by atoms with Gasteiger partial charge in [-0.1, -0.05) is 18.2 Å². The molecule has 0 saturated heterocycles. The van der Waals surface area contributed by atoms with Crippen LogP contribution in [0.3, 0.4) is 0 Å². The lowest BCUT2D eigenvalue weighted by Crippen LogP contribution is -2.23. The van der Waals surface area contributed by atoms with Gasteiger partial charge in [0.05, 0.1) is 5.41 Å². The molecule has 24 heavy (non-hydrogen) atoms. The summed E-state index contributed by atoms with van der Waals surface area (Å²) in [6.45, 7) is 1.87. The van der Waals surface area contributed by atoms with Crippen molar-refractivity contribution in [3.05, 3.63) is 54.1 Å². The number of amides is 1. The molecule has 0 bridgehead atoms. The van der Waals surface area contributed by atoms with Gasteiger partial charge in [0.25, 0.3) is 0 Å². The van der Waals surface area contributed by atoms with Crippen LogP contribution >= 0.6 is 0 Å². The molecule has 0 aliphatic heterocycles. The highest BCUT2D eigenvalue weighted by Crippen LogP contribution is 2.49. The topological polar surface area (TPSA) is 75.6 Å². The molecule has 0 unspecified atom stereocenters. The molecule has 1 fully saturated rings. The second-order valence-corrected chi connectivity index (χ2v) is 6.20. The quantitative estimate of drug-likeness (QED) is 0.842. The van der Waals surface area contributed by atoms with Crippen LogP contribution in [0.5, 0.6) is 11.5 Å². The summed E-state index contributed by atoms with van der Waals surface area (Å²) in [4.78, 5) is 23.3. The first-order valence-corrected chi connectivity index (χ1v) is 7.85. The van der Waals surface area contributed by atoms with E-state index in [0.717, 1.165) is 11.3 Å². The Kier molecular flexibility index (Phi) is 4.25. The van der Waals surface area contributed by atoms with Crippen LogP contribution in [0.2, 0.25) is 0 Å². The van der Waals surface area contributed by atoms with Crippen LogP contribution in [0.25, 0.3) is 0 Å². The number of anilines is 1. The molecule has 0 spiro atoms. The molecule has 2 aromatic rings. The third-order valence-corrected chi connectivity index (χ3v) is 4.26. The Morgan fingerprint density at radius 2 is 1.83 bits per heavy atom. The van der Waals surface area contributed by atoms with Crippen LogP contribution in [-0.2, 0) is 9.59 Å². The number of nitrogens with one attached hydrogen (secondary N) is 1. The first-order chi connectivity index (χ1) is 11.5. The molecule has 1 amide bonds. The van der Waals surface area contributed by atoms with E-state index >= 15 is 0 Å². The highest BCUT2D eigenvalue weighted by Gasteiger charge is 2.51. The fraction of sp³-hybridized carbons (Fsp3) is 0.263. The van der Waals surface area contributed by atoms with Crippen molar-refractivity contribution in [1.82, 2.24) is 0 Å². The molecular formula is C19H19NO4. The van der Waals surface area contributed by atoms with E-state index in [-0.39, 0.29) is 12.3 Å². The first-order valence-electron chi connectivity index (χ1n) is 7.85. The maximum Gasteiger partial charge on any atom is 0.310 e. The number of aliphatic carboxylic acids is 1. The highest BCUT2D eigenvalue weighted by molar-refractivity contribution is 5.95. The number of para-hydroxylation sites is 1. The number of hydrogen-bond acceptors (Lipinski definition) is 3. The van der Waals surface area contributed by atoms with Crippen LogP contribution in [0.15, 0.2) is 48.5 Å². The van der Waals surface area contributed by atoms with Crippen molar-refractivity contribution in [3.63, 3.8) is 0 Å².